The number of benzene rings is 2. The molecule has 2 amide bonds. The standard InChI is InChI=1S/C28H32N2O5/c31-26(32)15-17-7-1-6-12-25(17)30-27(33)18-13-19(14-18)29-28(34)35-16-24-22-10-4-2-8-20(22)21-9-3-5-11-23(21)24/h2-5,8-11,17-19,24-25H,1,6-7,12-16H2,(H,29,34)(H,30,33)(H,31,32)/t17-,18?,19?,25-/m0/s1. The van der Waals surface area contributed by atoms with Gasteiger partial charge >= 0.3 is 12.1 Å². The predicted octanol–water partition coefficient (Wildman–Crippen LogP) is 4.45. The van der Waals surface area contributed by atoms with Crippen molar-refractivity contribution in [1.29, 1.82) is 0 Å². The minimum absolute atomic E-state index is 0.0000229. The highest BCUT2D eigenvalue weighted by atomic mass is 16.5. The maximum Gasteiger partial charge on any atom is 0.407 e. The number of hydrogen-bond acceptors (Lipinski definition) is 4. The monoisotopic (exact) mass is 476 g/mol. The van der Waals surface area contributed by atoms with Crippen LogP contribution in [-0.2, 0) is 14.3 Å². The molecule has 5 rings (SSSR count). The Morgan fingerprint density at radius 2 is 1.51 bits per heavy atom. The number of aliphatic carboxylic acids is 1. The Hall–Kier alpha value is -3.35. The van der Waals surface area contributed by atoms with E-state index in [0.29, 0.717) is 12.8 Å². The van der Waals surface area contributed by atoms with Crippen molar-refractivity contribution in [3.63, 3.8) is 0 Å². The minimum Gasteiger partial charge on any atom is -0.481 e. The van der Waals surface area contributed by atoms with Crippen molar-refractivity contribution >= 4 is 18.0 Å². The number of carboxylic acid groups (broad SMARTS) is 1. The number of alkyl carbamates (subject to hydrolysis) is 1. The molecule has 184 valence electrons. The van der Waals surface area contributed by atoms with Gasteiger partial charge in [0.1, 0.15) is 6.61 Å². The van der Waals surface area contributed by atoms with E-state index in [0.717, 1.165) is 25.7 Å². The van der Waals surface area contributed by atoms with E-state index in [1.807, 2.05) is 24.3 Å². The second kappa shape index (κ2) is 10.1. The highest BCUT2D eigenvalue weighted by molar-refractivity contribution is 5.81. The number of carbonyl (C=O) groups excluding carboxylic acids is 2. The van der Waals surface area contributed by atoms with Gasteiger partial charge in [-0.3, -0.25) is 9.59 Å². The second-order valence-corrected chi connectivity index (χ2v) is 10.1. The van der Waals surface area contributed by atoms with E-state index < -0.39 is 12.1 Å². The molecule has 0 radical (unpaired) electrons. The zero-order valence-electron chi connectivity index (χ0n) is 19.7. The second-order valence-electron chi connectivity index (χ2n) is 10.1. The van der Waals surface area contributed by atoms with Gasteiger partial charge in [-0.15, -0.1) is 0 Å². The van der Waals surface area contributed by atoms with Crippen molar-refractivity contribution in [3.05, 3.63) is 59.7 Å². The fourth-order valence-corrected chi connectivity index (χ4v) is 5.92. The zero-order chi connectivity index (χ0) is 24.4. The van der Waals surface area contributed by atoms with E-state index in [1.165, 1.54) is 22.3 Å². The molecular formula is C28H32N2O5. The molecule has 7 nitrogen and oxygen atoms in total. The Labute approximate surface area is 205 Å². The Bertz CT molecular complexity index is 1060. The number of carbonyl (C=O) groups is 3. The van der Waals surface area contributed by atoms with E-state index in [2.05, 4.69) is 34.9 Å². The summed E-state index contributed by atoms with van der Waals surface area (Å²) in [6.07, 6.45) is 4.49. The molecule has 0 saturated heterocycles. The molecule has 0 aliphatic heterocycles. The molecule has 3 aliphatic carbocycles. The number of hydrogen-bond donors (Lipinski definition) is 3. The van der Waals surface area contributed by atoms with Crippen molar-refractivity contribution < 1.29 is 24.2 Å². The van der Waals surface area contributed by atoms with Crippen molar-refractivity contribution in [1.82, 2.24) is 10.6 Å². The molecule has 0 spiro atoms. The lowest BCUT2D eigenvalue weighted by Crippen LogP contribution is -2.52. The smallest absolute Gasteiger partial charge is 0.407 e. The Morgan fingerprint density at radius 1 is 0.886 bits per heavy atom. The SMILES string of the molecule is O=C(O)C[C@@H]1CCCC[C@@H]1NC(=O)C1CC(NC(=O)OCC2c3ccccc3-c3ccccc32)C1. The lowest BCUT2D eigenvalue weighted by molar-refractivity contribution is -0.139. The molecule has 0 bridgehead atoms. The van der Waals surface area contributed by atoms with Gasteiger partial charge in [-0.2, -0.15) is 0 Å². The molecule has 2 atom stereocenters. The van der Waals surface area contributed by atoms with Crippen LogP contribution in [0.5, 0.6) is 0 Å². The summed E-state index contributed by atoms with van der Waals surface area (Å²) in [7, 11) is 0. The highest BCUT2D eigenvalue weighted by Gasteiger charge is 2.38. The van der Waals surface area contributed by atoms with Gasteiger partial charge in [-0.05, 0) is 53.9 Å². The summed E-state index contributed by atoms with van der Waals surface area (Å²) < 4.78 is 5.61. The molecule has 35 heavy (non-hydrogen) atoms. The van der Waals surface area contributed by atoms with Crippen molar-refractivity contribution in [2.75, 3.05) is 6.61 Å². The third-order valence-electron chi connectivity index (χ3n) is 7.85. The van der Waals surface area contributed by atoms with E-state index in [1.54, 1.807) is 0 Å². The molecule has 2 saturated carbocycles. The van der Waals surface area contributed by atoms with Crippen LogP contribution in [0.15, 0.2) is 48.5 Å². The summed E-state index contributed by atoms with van der Waals surface area (Å²) in [5, 5.41) is 15.1. The maximum atomic E-state index is 12.7. The number of fused-ring (bicyclic) bond motifs is 3. The van der Waals surface area contributed by atoms with Crippen LogP contribution in [0, 0.1) is 11.8 Å². The van der Waals surface area contributed by atoms with Crippen LogP contribution in [0.1, 0.15) is 62.0 Å². The molecule has 3 aliphatic rings. The van der Waals surface area contributed by atoms with Gasteiger partial charge in [0.2, 0.25) is 5.91 Å². The molecule has 0 aromatic heterocycles. The van der Waals surface area contributed by atoms with Crippen molar-refractivity contribution in [3.8, 4) is 11.1 Å². The predicted molar refractivity (Wildman–Crippen MR) is 131 cm³/mol. The van der Waals surface area contributed by atoms with Crippen LogP contribution in [0.2, 0.25) is 0 Å². The first-order valence-corrected chi connectivity index (χ1v) is 12.6. The fraction of sp³-hybridized carbons (Fsp3) is 0.464. The summed E-state index contributed by atoms with van der Waals surface area (Å²) in [5.41, 5.74) is 4.72. The first-order chi connectivity index (χ1) is 17.0. The summed E-state index contributed by atoms with van der Waals surface area (Å²) in [5.74, 6) is -0.978. The molecule has 2 aromatic rings. The quantitative estimate of drug-likeness (QED) is 0.548. The van der Waals surface area contributed by atoms with Gasteiger partial charge < -0.3 is 20.5 Å². The van der Waals surface area contributed by atoms with E-state index >= 15 is 0 Å². The number of amides is 2. The van der Waals surface area contributed by atoms with Gasteiger partial charge in [0.25, 0.3) is 0 Å². The molecule has 7 heteroatoms. The molecule has 2 aromatic carbocycles. The Balaban J connectivity index is 1.08. The number of rotatable bonds is 7. The number of ether oxygens (including phenoxy) is 1. The summed E-state index contributed by atoms with van der Waals surface area (Å²) in [6, 6.07) is 16.3. The molecular weight excluding hydrogens is 444 g/mol. The first kappa shape index (κ1) is 23.4. The van der Waals surface area contributed by atoms with Crippen LogP contribution in [-0.4, -0.2) is 41.8 Å². The lowest BCUT2D eigenvalue weighted by Gasteiger charge is -2.37. The van der Waals surface area contributed by atoms with E-state index in [9.17, 15) is 14.4 Å². The van der Waals surface area contributed by atoms with Gasteiger partial charge in [-0.25, -0.2) is 4.79 Å². The maximum absolute atomic E-state index is 12.7. The third-order valence-corrected chi connectivity index (χ3v) is 7.85. The van der Waals surface area contributed by atoms with E-state index in [-0.39, 0.29) is 48.8 Å². The molecule has 0 unspecified atom stereocenters. The summed E-state index contributed by atoms with van der Waals surface area (Å²) in [4.78, 5) is 36.3. The normalized spacial score (nSPS) is 25.0. The number of carboxylic acids is 1. The van der Waals surface area contributed by atoms with Crippen LogP contribution < -0.4 is 10.6 Å². The van der Waals surface area contributed by atoms with Crippen LogP contribution >= 0.6 is 0 Å². The third kappa shape index (κ3) is 5.04. The lowest BCUT2D eigenvalue weighted by atomic mass is 9.78. The van der Waals surface area contributed by atoms with E-state index in [4.69, 9.17) is 9.84 Å². The zero-order valence-corrected chi connectivity index (χ0v) is 19.7. The molecule has 0 heterocycles. The average Bonchev–Trinajstić information content (AvgIpc) is 3.14. The van der Waals surface area contributed by atoms with Gasteiger partial charge in [0, 0.05) is 23.9 Å². The minimum atomic E-state index is -0.813. The Kier molecular flexibility index (Phi) is 6.75. The highest BCUT2D eigenvalue weighted by Crippen LogP contribution is 2.44. The summed E-state index contributed by atoms with van der Waals surface area (Å²) >= 11 is 0. The number of nitrogens with one attached hydrogen (secondary N) is 2. The van der Waals surface area contributed by atoms with Gasteiger partial charge in [-0.1, -0.05) is 61.4 Å². The molecule has 2 fully saturated rings. The van der Waals surface area contributed by atoms with Crippen molar-refractivity contribution in [2.24, 2.45) is 11.8 Å². The fourth-order valence-electron chi connectivity index (χ4n) is 5.92. The molecule has 3 N–H and O–H groups in total. The topological polar surface area (TPSA) is 105 Å². The first-order valence-electron chi connectivity index (χ1n) is 12.6. The average molecular weight is 477 g/mol. The van der Waals surface area contributed by atoms with Crippen LogP contribution in [0.4, 0.5) is 4.79 Å². The van der Waals surface area contributed by atoms with Crippen LogP contribution in [0.3, 0.4) is 0 Å². The largest absolute Gasteiger partial charge is 0.481 e. The Morgan fingerprint density at radius 3 is 2.17 bits per heavy atom. The van der Waals surface area contributed by atoms with Crippen LogP contribution in [0.25, 0.3) is 11.1 Å². The van der Waals surface area contributed by atoms with Gasteiger partial charge in [0.05, 0.1) is 6.42 Å². The summed E-state index contributed by atoms with van der Waals surface area (Å²) in [6.45, 7) is 0.267. The van der Waals surface area contributed by atoms with Gasteiger partial charge in [0.15, 0.2) is 0 Å². The van der Waals surface area contributed by atoms with Crippen molar-refractivity contribution in [2.45, 2.75) is 62.9 Å².